The summed E-state index contributed by atoms with van der Waals surface area (Å²) in [5, 5.41) is 11.2. The Labute approximate surface area is 93.4 Å². The van der Waals surface area contributed by atoms with Gasteiger partial charge < -0.3 is 4.74 Å². The monoisotopic (exact) mass is 207 g/mol. The molecule has 0 unspecified atom stereocenters. The van der Waals surface area contributed by atoms with Crippen LogP contribution in [-0.2, 0) is 0 Å². The first kappa shape index (κ1) is 8.99. The van der Waals surface area contributed by atoms with Crippen LogP contribution in [0.4, 0.5) is 0 Å². The summed E-state index contributed by atoms with van der Waals surface area (Å²) in [7, 11) is 0. The van der Waals surface area contributed by atoms with Crippen molar-refractivity contribution in [1.29, 1.82) is 5.26 Å². The number of nitriles is 1. The predicted molar refractivity (Wildman–Crippen MR) is 63.0 cm³/mol. The van der Waals surface area contributed by atoms with Crippen molar-refractivity contribution >= 4 is 16.8 Å². The molecule has 0 atom stereocenters. The highest BCUT2D eigenvalue weighted by molar-refractivity contribution is 5.94. The lowest BCUT2D eigenvalue weighted by Gasteiger charge is -2.16. The normalized spacial score (nSPS) is 13.6. The van der Waals surface area contributed by atoms with Crippen molar-refractivity contribution in [3.63, 3.8) is 0 Å². The van der Waals surface area contributed by atoms with Crippen LogP contribution >= 0.6 is 0 Å². The molecule has 0 fully saturated rings. The Bertz CT molecular complexity index is 635. The largest absolute Gasteiger partial charge is 0.488 e. The smallest absolute Gasteiger partial charge is 0.127 e. The molecule has 2 nitrogen and oxygen atoms in total. The molecular weight excluding hydrogens is 198 g/mol. The number of fused-ring (bicyclic) bond motifs is 3. The van der Waals surface area contributed by atoms with E-state index in [-0.39, 0.29) is 0 Å². The quantitative estimate of drug-likeness (QED) is 0.664. The maximum absolute atomic E-state index is 8.89. The lowest BCUT2D eigenvalue weighted by molar-refractivity contribution is 0.352. The molecule has 2 aromatic rings. The van der Waals surface area contributed by atoms with E-state index in [4.69, 9.17) is 10.00 Å². The lowest BCUT2D eigenvalue weighted by Crippen LogP contribution is -2.06. The molecule has 1 heterocycles. The molecule has 76 valence electrons. The minimum absolute atomic E-state index is 0.377. The fraction of sp³-hybridized carbons (Fsp3) is 0.0714. The first-order valence-corrected chi connectivity index (χ1v) is 5.14. The molecule has 0 aromatic heterocycles. The van der Waals surface area contributed by atoms with Crippen LogP contribution in [0, 0.1) is 11.3 Å². The van der Waals surface area contributed by atoms with E-state index in [2.05, 4.69) is 12.1 Å². The summed E-state index contributed by atoms with van der Waals surface area (Å²) in [6.07, 6.45) is 1.92. The van der Waals surface area contributed by atoms with Gasteiger partial charge in [0.2, 0.25) is 0 Å². The zero-order valence-corrected chi connectivity index (χ0v) is 8.60. The summed E-state index contributed by atoms with van der Waals surface area (Å²) in [5.74, 6) is 0.859. The second-order valence-electron chi connectivity index (χ2n) is 3.77. The lowest BCUT2D eigenvalue weighted by atomic mass is 10.0. The second-order valence-corrected chi connectivity index (χ2v) is 3.77. The van der Waals surface area contributed by atoms with Crippen LogP contribution in [-0.4, -0.2) is 6.61 Å². The minimum atomic E-state index is 0.377. The molecule has 0 saturated heterocycles. The Morgan fingerprint density at radius 2 is 2.00 bits per heavy atom. The summed E-state index contributed by atoms with van der Waals surface area (Å²) in [5.41, 5.74) is 1.68. The van der Waals surface area contributed by atoms with Crippen LogP contribution in [0.2, 0.25) is 0 Å². The third-order valence-corrected chi connectivity index (χ3v) is 2.78. The molecule has 2 heteroatoms. The summed E-state index contributed by atoms with van der Waals surface area (Å²) in [6.45, 7) is 0.377. The van der Waals surface area contributed by atoms with Crippen LogP contribution in [0.5, 0.6) is 5.75 Å². The van der Waals surface area contributed by atoms with Gasteiger partial charge in [-0.1, -0.05) is 30.3 Å². The average Bonchev–Trinajstić information content (AvgIpc) is 2.38. The molecule has 1 aliphatic rings. The molecule has 0 N–H and O–H groups in total. The van der Waals surface area contributed by atoms with Gasteiger partial charge in [-0.15, -0.1) is 0 Å². The van der Waals surface area contributed by atoms with E-state index in [1.807, 2.05) is 36.4 Å². The van der Waals surface area contributed by atoms with E-state index in [1.54, 1.807) is 0 Å². The van der Waals surface area contributed by atoms with Crippen molar-refractivity contribution < 1.29 is 4.74 Å². The number of nitrogens with zero attached hydrogens (tertiary/aromatic N) is 1. The molecule has 2 aromatic carbocycles. The average molecular weight is 207 g/mol. The highest BCUT2D eigenvalue weighted by Gasteiger charge is 2.13. The van der Waals surface area contributed by atoms with Gasteiger partial charge in [-0.25, -0.2) is 0 Å². The van der Waals surface area contributed by atoms with Gasteiger partial charge in [0, 0.05) is 5.56 Å². The van der Waals surface area contributed by atoms with E-state index in [0.717, 1.165) is 16.7 Å². The third-order valence-electron chi connectivity index (χ3n) is 2.78. The summed E-state index contributed by atoms with van der Waals surface area (Å²) in [6, 6.07) is 14.3. The van der Waals surface area contributed by atoms with Gasteiger partial charge in [-0.3, -0.25) is 0 Å². The van der Waals surface area contributed by atoms with Gasteiger partial charge in [0.25, 0.3) is 0 Å². The van der Waals surface area contributed by atoms with Crippen molar-refractivity contribution in [2.24, 2.45) is 0 Å². The fourth-order valence-electron chi connectivity index (χ4n) is 1.99. The molecule has 0 amide bonds. The number of benzene rings is 2. The van der Waals surface area contributed by atoms with Crippen molar-refractivity contribution in [2.75, 3.05) is 6.61 Å². The minimum Gasteiger partial charge on any atom is -0.488 e. The first-order chi connectivity index (χ1) is 7.88. The first-order valence-electron chi connectivity index (χ1n) is 5.14. The van der Waals surface area contributed by atoms with E-state index >= 15 is 0 Å². The van der Waals surface area contributed by atoms with Gasteiger partial charge in [0.05, 0.1) is 11.6 Å². The standard InChI is InChI=1S/C14H9NO/c15-8-10-7-13-12-4-2-1-3-11(12)5-6-14(13)16-9-10/h1-7H,9H2. The van der Waals surface area contributed by atoms with Crippen molar-refractivity contribution in [1.82, 2.24) is 0 Å². The van der Waals surface area contributed by atoms with Crippen LogP contribution in [0.15, 0.2) is 42.0 Å². The molecule has 0 saturated carbocycles. The topological polar surface area (TPSA) is 33.0 Å². The number of rotatable bonds is 0. The molecule has 0 spiro atoms. The summed E-state index contributed by atoms with van der Waals surface area (Å²) >= 11 is 0. The molecule has 0 radical (unpaired) electrons. The van der Waals surface area contributed by atoms with Gasteiger partial charge in [-0.05, 0) is 22.9 Å². The van der Waals surface area contributed by atoms with Crippen molar-refractivity contribution in [3.8, 4) is 11.8 Å². The van der Waals surface area contributed by atoms with Gasteiger partial charge >= 0.3 is 0 Å². The Morgan fingerprint density at radius 1 is 1.12 bits per heavy atom. The van der Waals surface area contributed by atoms with Crippen molar-refractivity contribution in [3.05, 3.63) is 47.5 Å². The predicted octanol–water partition coefficient (Wildman–Crippen LogP) is 3.14. The van der Waals surface area contributed by atoms with E-state index < -0.39 is 0 Å². The Hall–Kier alpha value is -2.27. The highest BCUT2D eigenvalue weighted by Crippen LogP contribution is 2.32. The molecular formula is C14H9NO. The zero-order valence-electron chi connectivity index (χ0n) is 8.60. The highest BCUT2D eigenvalue weighted by atomic mass is 16.5. The van der Waals surface area contributed by atoms with E-state index in [9.17, 15) is 0 Å². The Kier molecular flexibility index (Phi) is 1.91. The van der Waals surface area contributed by atoms with Crippen LogP contribution in [0.1, 0.15) is 5.56 Å². The van der Waals surface area contributed by atoms with Crippen molar-refractivity contribution in [2.45, 2.75) is 0 Å². The van der Waals surface area contributed by atoms with Crippen LogP contribution in [0.25, 0.3) is 16.8 Å². The van der Waals surface area contributed by atoms with E-state index in [0.29, 0.717) is 12.2 Å². The SMILES string of the molecule is N#CC1=Cc2c(ccc3ccccc23)OC1. The second kappa shape index (κ2) is 3.39. The molecule has 16 heavy (non-hydrogen) atoms. The van der Waals surface area contributed by atoms with Gasteiger partial charge in [0.1, 0.15) is 12.4 Å². The fourth-order valence-corrected chi connectivity index (χ4v) is 1.99. The summed E-state index contributed by atoms with van der Waals surface area (Å²) in [4.78, 5) is 0. The maximum Gasteiger partial charge on any atom is 0.127 e. The number of hydrogen-bond donors (Lipinski definition) is 0. The third kappa shape index (κ3) is 1.26. The molecule has 0 bridgehead atoms. The zero-order chi connectivity index (χ0) is 11.0. The molecule has 1 aliphatic heterocycles. The number of hydrogen-bond acceptors (Lipinski definition) is 2. The van der Waals surface area contributed by atoms with Gasteiger partial charge in [-0.2, -0.15) is 5.26 Å². The van der Waals surface area contributed by atoms with E-state index in [1.165, 1.54) is 5.39 Å². The number of ether oxygens (including phenoxy) is 1. The summed E-state index contributed by atoms with van der Waals surface area (Å²) < 4.78 is 5.54. The van der Waals surface area contributed by atoms with Gasteiger partial charge in [0.15, 0.2) is 0 Å². The Morgan fingerprint density at radius 3 is 2.88 bits per heavy atom. The van der Waals surface area contributed by atoms with Crippen LogP contribution < -0.4 is 4.74 Å². The Balaban J connectivity index is 2.35. The molecule has 0 aliphatic carbocycles. The molecule has 3 rings (SSSR count). The maximum atomic E-state index is 8.89. The van der Waals surface area contributed by atoms with Crippen LogP contribution in [0.3, 0.4) is 0 Å².